The number of hydrogen-bond donors (Lipinski definition) is 2. The predicted octanol–water partition coefficient (Wildman–Crippen LogP) is 3.12. The fourth-order valence-corrected chi connectivity index (χ4v) is 4.49. The molecule has 2 heterocycles. The fraction of sp³-hybridized carbons (Fsp3) is 0.480. The van der Waals surface area contributed by atoms with Gasteiger partial charge < -0.3 is 20.3 Å². The number of likely N-dealkylation sites (tertiary alicyclic amines) is 1. The lowest BCUT2D eigenvalue weighted by molar-refractivity contribution is -0.134. The van der Waals surface area contributed by atoms with Crippen molar-refractivity contribution in [1.82, 2.24) is 20.5 Å². The molecule has 1 unspecified atom stereocenters. The van der Waals surface area contributed by atoms with Crippen LogP contribution in [-0.2, 0) is 17.9 Å². The van der Waals surface area contributed by atoms with Crippen molar-refractivity contribution in [3.63, 3.8) is 0 Å². The van der Waals surface area contributed by atoms with Crippen molar-refractivity contribution in [2.45, 2.75) is 51.3 Å². The van der Waals surface area contributed by atoms with Gasteiger partial charge in [-0.3, -0.25) is 9.79 Å². The highest BCUT2D eigenvalue weighted by Crippen LogP contribution is 2.27. The number of nitrogens with one attached hydrogen (secondary N) is 2. The molecule has 2 N–H and O–H groups in total. The van der Waals surface area contributed by atoms with Crippen molar-refractivity contribution < 1.29 is 9.53 Å². The molecule has 1 saturated carbocycles. The van der Waals surface area contributed by atoms with E-state index in [1.807, 2.05) is 47.4 Å². The molecule has 1 aliphatic carbocycles. The Morgan fingerprint density at radius 2 is 1.97 bits per heavy atom. The SMILES string of the molecule is CN=C(NCc1cccnc1OCc1ccccc1)NC1CCN(C(=O)C2CCCC2)C1. The van der Waals surface area contributed by atoms with Crippen LogP contribution in [0.4, 0.5) is 0 Å². The first-order valence-corrected chi connectivity index (χ1v) is 11.6. The summed E-state index contributed by atoms with van der Waals surface area (Å²) in [7, 11) is 1.77. The second-order valence-electron chi connectivity index (χ2n) is 8.56. The minimum Gasteiger partial charge on any atom is -0.473 e. The van der Waals surface area contributed by atoms with E-state index < -0.39 is 0 Å². The average molecular weight is 436 g/mol. The van der Waals surface area contributed by atoms with Gasteiger partial charge in [-0.2, -0.15) is 0 Å². The second-order valence-corrected chi connectivity index (χ2v) is 8.56. The third-order valence-corrected chi connectivity index (χ3v) is 6.28. The van der Waals surface area contributed by atoms with Gasteiger partial charge in [-0.1, -0.05) is 49.2 Å². The highest BCUT2D eigenvalue weighted by atomic mass is 16.5. The van der Waals surface area contributed by atoms with Crippen LogP contribution in [0, 0.1) is 5.92 Å². The number of benzene rings is 1. The summed E-state index contributed by atoms with van der Waals surface area (Å²) in [6.45, 7) is 2.60. The van der Waals surface area contributed by atoms with E-state index in [4.69, 9.17) is 4.74 Å². The zero-order valence-corrected chi connectivity index (χ0v) is 18.8. The number of guanidine groups is 1. The molecule has 1 aromatic carbocycles. The largest absolute Gasteiger partial charge is 0.473 e. The summed E-state index contributed by atoms with van der Waals surface area (Å²) in [5, 5.41) is 6.84. The maximum absolute atomic E-state index is 12.7. The molecule has 32 heavy (non-hydrogen) atoms. The molecule has 1 aromatic heterocycles. The Morgan fingerprint density at radius 3 is 2.75 bits per heavy atom. The predicted molar refractivity (Wildman–Crippen MR) is 125 cm³/mol. The first kappa shape index (κ1) is 22.1. The summed E-state index contributed by atoms with van der Waals surface area (Å²) in [4.78, 5) is 23.5. The Bertz CT molecular complexity index is 912. The highest BCUT2D eigenvalue weighted by molar-refractivity contribution is 5.81. The maximum Gasteiger partial charge on any atom is 0.225 e. The van der Waals surface area contributed by atoms with Crippen LogP contribution < -0.4 is 15.4 Å². The van der Waals surface area contributed by atoms with Crippen molar-refractivity contribution >= 4 is 11.9 Å². The normalized spacial score (nSPS) is 19.2. The third kappa shape index (κ3) is 5.78. The van der Waals surface area contributed by atoms with E-state index in [2.05, 4.69) is 20.6 Å². The fourth-order valence-electron chi connectivity index (χ4n) is 4.49. The lowest BCUT2D eigenvalue weighted by atomic mass is 10.1. The molecule has 2 aliphatic rings. The molecule has 1 amide bonds. The topological polar surface area (TPSA) is 78.9 Å². The first-order chi connectivity index (χ1) is 15.7. The summed E-state index contributed by atoms with van der Waals surface area (Å²) in [5.74, 6) is 1.92. The average Bonchev–Trinajstić information content (AvgIpc) is 3.54. The Labute approximate surface area is 190 Å². The highest BCUT2D eigenvalue weighted by Gasteiger charge is 2.32. The van der Waals surface area contributed by atoms with E-state index in [1.165, 1.54) is 12.8 Å². The van der Waals surface area contributed by atoms with Gasteiger partial charge in [0, 0.05) is 50.4 Å². The van der Waals surface area contributed by atoms with Crippen LogP contribution >= 0.6 is 0 Å². The standard InChI is InChI=1S/C25H33N5O2/c1-26-25(29-22-13-15-30(17-22)24(31)20-10-5-6-11-20)28-16-21-12-7-14-27-23(21)32-18-19-8-3-2-4-9-19/h2-4,7-9,12,14,20,22H,5-6,10-11,13,15-18H2,1H3,(H2,26,28,29). The molecule has 7 nitrogen and oxygen atoms in total. The van der Waals surface area contributed by atoms with E-state index in [0.29, 0.717) is 24.9 Å². The van der Waals surface area contributed by atoms with Crippen LogP contribution in [0.25, 0.3) is 0 Å². The Balaban J connectivity index is 1.27. The number of carbonyl (C=O) groups is 1. The van der Waals surface area contributed by atoms with Crippen LogP contribution in [0.15, 0.2) is 53.7 Å². The van der Waals surface area contributed by atoms with Gasteiger partial charge in [0.15, 0.2) is 5.96 Å². The number of nitrogens with zero attached hydrogens (tertiary/aromatic N) is 3. The van der Waals surface area contributed by atoms with Crippen LogP contribution in [-0.4, -0.2) is 47.9 Å². The van der Waals surface area contributed by atoms with Gasteiger partial charge in [-0.05, 0) is 30.9 Å². The molecular formula is C25H33N5O2. The Morgan fingerprint density at radius 1 is 1.16 bits per heavy atom. The molecule has 1 atom stereocenters. The van der Waals surface area contributed by atoms with E-state index in [1.54, 1.807) is 13.2 Å². The van der Waals surface area contributed by atoms with Crippen LogP contribution in [0.2, 0.25) is 0 Å². The number of ether oxygens (including phenoxy) is 1. The minimum absolute atomic E-state index is 0.217. The molecule has 2 aromatic rings. The molecule has 1 saturated heterocycles. The maximum atomic E-state index is 12.7. The zero-order valence-electron chi connectivity index (χ0n) is 18.8. The lowest BCUT2D eigenvalue weighted by Gasteiger charge is -2.21. The van der Waals surface area contributed by atoms with Gasteiger partial charge in [0.25, 0.3) is 0 Å². The molecule has 2 fully saturated rings. The number of carbonyl (C=O) groups excluding carboxylic acids is 1. The van der Waals surface area contributed by atoms with Crippen LogP contribution in [0.3, 0.4) is 0 Å². The molecule has 0 bridgehead atoms. The van der Waals surface area contributed by atoms with Crippen molar-refractivity contribution in [3.8, 4) is 5.88 Å². The van der Waals surface area contributed by atoms with Gasteiger partial charge in [0.2, 0.25) is 11.8 Å². The minimum atomic E-state index is 0.217. The molecule has 4 rings (SSSR count). The molecule has 1 aliphatic heterocycles. The van der Waals surface area contributed by atoms with E-state index >= 15 is 0 Å². The first-order valence-electron chi connectivity index (χ1n) is 11.6. The van der Waals surface area contributed by atoms with E-state index in [-0.39, 0.29) is 12.0 Å². The van der Waals surface area contributed by atoms with E-state index in [0.717, 1.165) is 49.4 Å². The number of amides is 1. The van der Waals surface area contributed by atoms with Gasteiger partial charge in [0.05, 0.1) is 0 Å². The quantitative estimate of drug-likeness (QED) is 0.516. The van der Waals surface area contributed by atoms with Crippen molar-refractivity contribution in [3.05, 3.63) is 59.8 Å². The number of pyridine rings is 1. The van der Waals surface area contributed by atoms with Crippen LogP contribution in [0.1, 0.15) is 43.2 Å². The summed E-state index contributed by atoms with van der Waals surface area (Å²) in [5.41, 5.74) is 2.07. The summed E-state index contributed by atoms with van der Waals surface area (Å²) >= 11 is 0. The summed E-state index contributed by atoms with van der Waals surface area (Å²) < 4.78 is 5.96. The molecule has 0 spiro atoms. The zero-order chi connectivity index (χ0) is 22.2. The van der Waals surface area contributed by atoms with E-state index in [9.17, 15) is 4.79 Å². The molecule has 0 radical (unpaired) electrons. The molecule has 7 heteroatoms. The number of aliphatic imine (C=N–C) groups is 1. The third-order valence-electron chi connectivity index (χ3n) is 6.28. The Hall–Kier alpha value is -3.09. The molecular weight excluding hydrogens is 402 g/mol. The number of hydrogen-bond acceptors (Lipinski definition) is 4. The summed E-state index contributed by atoms with van der Waals surface area (Å²) in [6.07, 6.45) is 7.16. The monoisotopic (exact) mass is 435 g/mol. The van der Waals surface area contributed by atoms with Gasteiger partial charge >= 0.3 is 0 Å². The number of rotatable bonds is 7. The van der Waals surface area contributed by atoms with Crippen molar-refractivity contribution in [1.29, 1.82) is 0 Å². The Kier molecular flexibility index (Phi) is 7.59. The van der Waals surface area contributed by atoms with Gasteiger partial charge in [-0.15, -0.1) is 0 Å². The van der Waals surface area contributed by atoms with Gasteiger partial charge in [-0.25, -0.2) is 4.98 Å². The second kappa shape index (κ2) is 11.0. The molecule has 170 valence electrons. The van der Waals surface area contributed by atoms with Gasteiger partial charge in [0.1, 0.15) is 6.61 Å². The van der Waals surface area contributed by atoms with Crippen molar-refractivity contribution in [2.75, 3.05) is 20.1 Å². The summed E-state index contributed by atoms with van der Waals surface area (Å²) in [6, 6.07) is 14.2. The van der Waals surface area contributed by atoms with Crippen molar-refractivity contribution in [2.24, 2.45) is 10.9 Å². The number of aromatic nitrogens is 1. The lowest BCUT2D eigenvalue weighted by Crippen LogP contribution is -2.45. The smallest absolute Gasteiger partial charge is 0.225 e. The van der Waals surface area contributed by atoms with Crippen LogP contribution in [0.5, 0.6) is 5.88 Å².